The lowest BCUT2D eigenvalue weighted by atomic mass is 9.89. The molecule has 0 amide bonds. The molecule has 4 nitrogen and oxygen atoms in total. The summed E-state index contributed by atoms with van der Waals surface area (Å²) in [6.07, 6.45) is 5.45. The van der Waals surface area contributed by atoms with E-state index < -0.39 is 5.97 Å². The molecule has 0 saturated heterocycles. The lowest BCUT2D eigenvalue weighted by Crippen LogP contribution is -2.28. The maximum atomic E-state index is 11.0. The molecule has 2 unspecified atom stereocenters. The monoisotopic (exact) mass is 244 g/mol. The summed E-state index contributed by atoms with van der Waals surface area (Å²) in [6, 6.07) is 0. The van der Waals surface area contributed by atoms with Crippen molar-refractivity contribution in [3.8, 4) is 0 Å². The quantitative estimate of drug-likeness (QED) is 0.883. The second-order valence-corrected chi connectivity index (χ2v) is 5.86. The Bertz CT molecular complexity index is 329. The van der Waals surface area contributed by atoms with Crippen molar-refractivity contribution in [2.45, 2.75) is 35.3 Å². The fourth-order valence-electron chi connectivity index (χ4n) is 1.86. The minimum Gasteiger partial charge on any atom is -0.481 e. The highest BCUT2D eigenvalue weighted by molar-refractivity contribution is 8.01. The Hall–Kier alpha value is -0.620. The van der Waals surface area contributed by atoms with Crippen LogP contribution in [0.4, 0.5) is 0 Å². The van der Waals surface area contributed by atoms with Crippen LogP contribution in [0, 0.1) is 5.92 Å². The summed E-state index contributed by atoms with van der Waals surface area (Å²) in [4.78, 5) is 15.1. The Kier molecular flexibility index (Phi) is 3.58. The summed E-state index contributed by atoms with van der Waals surface area (Å²) in [5.74, 6) is -0.885. The van der Waals surface area contributed by atoms with Crippen molar-refractivity contribution in [1.82, 2.24) is 9.36 Å². The van der Waals surface area contributed by atoms with Crippen LogP contribution in [0.15, 0.2) is 10.7 Å². The van der Waals surface area contributed by atoms with E-state index in [1.54, 1.807) is 11.8 Å². The molecular weight excluding hydrogens is 232 g/mol. The number of carbonyl (C=O) groups is 1. The molecule has 1 aliphatic rings. The van der Waals surface area contributed by atoms with E-state index in [9.17, 15) is 4.79 Å². The zero-order chi connectivity index (χ0) is 10.7. The normalized spacial score (nSPS) is 26.4. The van der Waals surface area contributed by atoms with Gasteiger partial charge in [-0.1, -0.05) is 24.6 Å². The molecule has 6 heteroatoms. The molecule has 1 heterocycles. The number of rotatable bonds is 3. The fraction of sp³-hybridized carbons (Fsp3) is 0.667. The van der Waals surface area contributed by atoms with Gasteiger partial charge in [0.2, 0.25) is 0 Å². The minimum atomic E-state index is -0.670. The van der Waals surface area contributed by atoms with Crippen LogP contribution in [-0.2, 0) is 4.79 Å². The van der Waals surface area contributed by atoms with Gasteiger partial charge in [0.1, 0.15) is 6.33 Å². The predicted molar refractivity (Wildman–Crippen MR) is 59.1 cm³/mol. The van der Waals surface area contributed by atoms with Gasteiger partial charge in [-0.3, -0.25) is 4.79 Å². The summed E-state index contributed by atoms with van der Waals surface area (Å²) in [6.45, 7) is 0. The number of aliphatic carboxylic acids is 1. The molecule has 1 fully saturated rings. The summed E-state index contributed by atoms with van der Waals surface area (Å²) < 4.78 is 4.80. The molecule has 1 aromatic heterocycles. The van der Waals surface area contributed by atoms with Crippen molar-refractivity contribution in [3.63, 3.8) is 0 Å². The molecule has 1 N–H and O–H groups in total. The molecule has 1 saturated carbocycles. The number of carboxylic acid groups (broad SMARTS) is 1. The standard InChI is InChI=1S/C9H12N2O2S2/c12-8(13)6-3-1-2-4-7(6)14-9-10-5-11-15-9/h5-7H,1-4H2,(H,12,13). The highest BCUT2D eigenvalue weighted by Gasteiger charge is 2.31. The molecule has 15 heavy (non-hydrogen) atoms. The maximum Gasteiger partial charge on any atom is 0.307 e. The Morgan fingerprint density at radius 2 is 2.33 bits per heavy atom. The topological polar surface area (TPSA) is 63.1 Å². The number of thioether (sulfide) groups is 1. The summed E-state index contributed by atoms with van der Waals surface area (Å²) in [7, 11) is 0. The van der Waals surface area contributed by atoms with E-state index in [4.69, 9.17) is 5.11 Å². The number of hydrogen-bond donors (Lipinski definition) is 1. The van der Waals surface area contributed by atoms with Crippen LogP contribution in [0.1, 0.15) is 25.7 Å². The van der Waals surface area contributed by atoms with Crippen molar-refractivity contribution in [3.05, 3.63) is 6.33 Å². The fourth-order valence-corrected chi connectivity index (χ4v) is 3.88. The summed E-state index contributed by atoms with van der Waals surface area (Å²) in [5, 5.41) is 9.26. The third-order valence-corrected chi connectivity index (χ3v) is 4.76. The molecule has 2 rings (SSSR count). The molecule has 0 aliphatic heterocycles. The first kappa shape index (κ1) is 10.9. The number of nitrogens with zero attached hydrogens (tertiary/aromatic N) is 2. The maximum absolute atomic E-state index is 11.0. The van der Waals surface area contributed by atoms with E-state index in [2.05, 4.69) is 9.36 Å². The van der Waals surface area contributed by atoms with E-state index in [1.165, 1.54) is 17.9 Å². The van der Waals surface area contributed by atoms with E-state index in [0.717, 1.165) is 30.0 Å². The van der Waals surface area contributed by atoms with E-state index in [0.29, 0.717) is 0 Å². The first-order chi connectivity index (χ1) is 7.27. The largest absolute Gasteiger partial charge is 0.481 e. The molecular formula is C9H12N2O2S2. The zero-order valence-electron chi connectivity index (χ0n) is 8.13. The zero-order valence-corrected chi connectivity index (χ0v) is 9.76. The average Bonchev–Trinajstić information content (AvgIpc) is 2.71. The lowest BCUT2D eigenvalue weighted by Gasteiger charge is -2.26. The molecule has 2 atom stereocenters. The van der Waals surface area contributed by atoms with Crippen molar-refractivity contribution in [2.24, 2.45) is 5.92 Å². The van der Waals surface area contributed by atoms with E-state index in [-0.39, 0.29) is 11.2 Å². The molecule has 0 aromatic carbocycles. The van der Waals surface area contributed by atoms with E-state index in [1.807, 2.05) is 0 Å². The van der Waals surface area contributed by atoms with Gasteiger partial charge in [-0.05, 0) is 24.4 Å². The van der Waals surface area contributed by atoms with Gasteiger partial charge in [-0.2, -0.15) is 4.37 Å². The Labute approximate surface area is 96.3 Å². The van der Waals surface area contributed by atoms with Crippen molar-refractivity contribution < 1.29 is 9.90 Å². The Balaban J connectivity index is 2.02. The van der Waals surface area contributed by atoms with Gasteiger partial charge >= 0.3 is 5.97 Å². The van der Waals surface area contributed by atoms with Crippen LogP contribution < -0.4 is 0 Å². The van der Waals surface area contributed by atoms with Crippen LogP contribution in [0.2, 0.25) is 0 Å². The second kappa shape index (κ2) is 4.94. The molecule has 0 radical (unpaired) electrons. The van der Waals surface area contributed by atoms with E-state index >= 15 is 0 Å². The van der Waals surface area contributed by atoms with Crippen molar-refractivity contribution in [2.75, 3.05) is 0 Å². The molecule has 0 spiro atoms. The first-order valence-corrected chi connectivity index (χ1v) is 6.59. The summed E-state index contributed by atoms with van der Waals surface area (Å²) in [5.41, 5.74) is 0. The Morgan fingerprint density at radius 3 is 3.00 bits per heavy atom. The Morgan fingerprint density at radius 1 is 1.53 bits per heavy atom. The van der Waals surface area contributed by atoms with Gasteiger partial charge in [0.05, 0.1) is 5.92 Å². The van der Waals surface area contributed by atoms with Crippen LogP contribution in [0.5, 0.6) is 0 Å². The molecule has 1 aliphatic carbocycles. The summed E-state index contributed by atoms with van der Waals surface area (Å²) >= 11 is 2.91. The molecule has 1 aromatic rings. The van der Waals surface area contributed by atoms with Gasteiger partial charge in [0, 0.05) is 5.25 Å². The van der Waals surface area contributed by atoms with Crippen LogP contribution in [-0.4, -0.2) is 25.7 Å². The average molecular weight is 244 g/mol. The molecule has 0 bridgehead atoms. The highest BCUT2D eigenvalue weighted by Crippen LogP contribution is 2.37. The predicted octanol–water partition coefficient (Wildman–Crippen LogP) is 2.27. The van der Waals surface area contributed by atoms with Crippen molar-refractivity contribution >= 4 is 29.3 Å². The SMILES string of the molecule is O=C(O)C1CCCCC1Sc1ncns1. The lowest BCUT2D eigenvalue weighted by molar-refractivity contribution is -0.142. The van der Waals surface area contributed by atoms with Crippen molar-refractivity contribution in [1.29, 1.82) is 0 Å². The third kappa shape index (κ3) is 2.69. The van der Waals surface area contributed by atoms with Crippen LogP contribution >= 0.6 is 23.3 Å². The van der Waals surface area contributed by atoms with Crippen LogP contribution in [0.3, 0.4) is 0 Å². The van der Waals surface area contributed by atoms with Gasteiger partial charge in [-0.25, -0.2) is 4.98 Å². The number of hydrogen-bond acceptors (Lipinski definition) is 5. The van der Waals surface area contributed by atoms with Crippen LogP contribution in [0.25, 0.3) is 0 Å². The third-order valence-electron chi connectivity index (χ3n) is 2.61. The van der Waals surface area contributed by atoms with Gasteiger partial charge in [-0.15, -0.1) is 0 Å². The second-order valence-electron chi connectivity index (χ2n) is 3.59. The van der Waals surface area contributed by atoms with Gasteiger partial charge in [0.25, 0.3) is 0 Å². The first-order valence-electron chi connectivity index (χ1n) is 4.93. The highest BCUT2D eigenvalue weighted by atomic mass is 32.2. The van der Waals surface area contributed by atoms with Gasteiger partial charge < -0.3 is 5.11 Å². The smallest absolute Gasteiger partial charge is 0.307 e. The molecule has 82 valence electrons. The number of carboxylic acids is 1. The minimum absolute atomic E-state index is 0.171. The van der Waals surface area contributed by atoms with Gasteiger partial charge in [0.15, 0.2) is 4.34 Å². The number of aromatic nitrogens is 2.